The summed E-state index contributed by atoms with van der Waals surface area (Å²) in [6.45, 7) is 4.15. The van der Waals surface area contributed by atoms with Gasteiger partial charge in [0.2, 0.25) is 0 Å². The molecule has 1 aliphatic carbocycles. The van der Waals surface area contributed by atoms with Crippen LogP contribution in [0.3, 0.4) is 0 Å². The van der Waals surface area contributed by atoms with Crippen LogP contribution in [0.15, 0.2) is 12.2 Å². The number of unbranched alkanes of at least 4 members (excludes halogenated alkanes) is 3. The van der Waals surface area contributed by atoms with Crippen molar-refractivity contribution in [3.05, 3.63) is 12.2 Å². The van der Waals surface area contributed by atoms with Gasteiger partial charge < -0.3 is 15.3 Å². The highest BCUT2D eigenvalue weighted by Crippen LogP contribution is 2.34. The summed E-state index contributed by atoms with van der Waals surface area (Å²) in [6, 6.07) is 0. The molecule has 0 amide bonds. The smallest absolute Gasteiger partial charge is 0.303 e. The fourth-order valence-electron chi connectivity index (χ4n) is 3.84. The zero-order valence-corrected chi connectivity index (χ0v) is 16.3. The number of carbonyl (C=O) groups excluding carboxylic acids is 1. The molecule has 0 aromatic carbocycles. The quantitative estimate of drug-likeness (QED) is 0.340. The van der Waals surface area contributed by atoms with Gasteiger partial charge in [-0.25, -0.2) is 0 Å². The Balaban J connectivity index is 2.42. The standard InChI is InChI=1S/C21H36O5/c1-3-9-15(2)18(22)12-8-11-17-16(19(23)14-20(17)24)10-6-4-5-7-13-21(25)26/h8,11,15-18,20,22,24H,3-7,9-10,12-14H2,1-2H3,(H,25,26)/t15?,16-,17-,18?,20-/m1/s1. The molecule has 1 saturated carbocycles. The van der Waals surface area contributed by atoms with Crippen LogP contribution in [0.5, 0.6) is 0 Å². The van der Waals surface area contributed by atoms with Gasteiger partial charge in [-0.2, -0.15) is 0 Å². The van der Waals surface area contributed by atoms with Gasteiger partial charge in [-0.15, -0.1) is 0 Å². The van der Waals surface area contributed by atoms with E-state index in [1.54, 1.807) is 0 Å². The monoisotopic (exact) mass is 368 g/mol. The van der Waals surface area contributed by atoms with Crippen LogP contribution in [0.1, 0.15) is 78.1 Å². The molecular formula is C21H36O5. The summed E-state index contributed by atoms with van der Waals surface area (Å²) in [7, 11) is 0. The van der Waals surface area contributed by atoms with E-state index >= 15 is 0 Å². The van der Waals surface area contributed by atoms with Crippen LogP contribution in [0.4, 0.5) is 0 Å². The fourth-order valence-corrected chi connectivity index (χ4v) is 3.84. The molecule has 0 aromatic heterocycles. The molecule has 5 nitrogen and oxygen atoms in total. The van der Waals surface area contributed by atoms with E-state index in [-0.39, 0.29) is 42.5 Å². The third-order valence-corrected chi connectivity index (χ3v) is 5.53. The van der Waals surface area contributed by atoms with Gasteiger partial charge in [0.15, 0.2) is 0 Å². The van der Waals surface area contributed by atoms with E-state index in [2.05, 4.69) is 6.92 Å². The third-order valence-electron chi connectivity index (χ3n) is 5.53. The van der Waals surface area contributed by atoms with E-state index in [9.17, 15) is 19.8 Å². The molecule has 0 aromatic rings. The van der Waals surface area contributed by atoms with Crippen molar-refractivity contribution in [2.75, 3.05) is 0 Å². The number of carboxylic acids is 1. The molecule has 150 valence electrons. The first kappa shape index (κ1) is 22.8. The van der Waals surface area contributed by atoms with Crippen LogP contribution in [-0.4, -0.2) is 39.3 Å². The summed E-state index contributed by atoms with van der Waals surface area (Å²) in [5.74, 6) is -0.695. The molecule has 1 aliphatic rings. The third kappa shape index (κ3) is 8.00. The maximum absolute atomic E-state index is 12.2. The lowest BCUT2D eigenvalue weighted by atomic mass is 9.88. The van der Waals surface area contributed by atoms with E-state index in [1.807, 2.05) is 19.1 Å². The van der Waals surface area contributed by atoms with Crippen molar-refractivity contribution in [1.82, 2.24) is 0 Å². The molecule has 2 unspecified atom stereocenters. The number of carbonyl (C=O) groups is 2. The SMILES string of the molecule is CCCC(C)C(O)CC=C[C@H]1[C@H](O)CC(=O)[C@@H]1CCCCCCC(=O)O. The minimum Gasteiger partial charge on any atom is -0.481 e. The molecule has 0 saturated heterocycles. The van der Waals surface area contributed by atoms with E-state index in [0.29, 0.717) is 12.8 Å². The van der Waals surface area contributed by atoms with Crippen LogP contribution in [0.25, 0.3) is 0 Å². The molecule has 0 bridgehead atoms. The van der Waals surface area contributed by atoms with Gasteiger partial charge >= 0.3 is 5.97 Å². The van der Waals surface area contributed by atoms with E-state index in [0.717, 1.165) is 38.5 Å². The lowest BCUT2D eigenvalue weighted by molar-refractivity contribution is -0.137. The molecule has 5 heteroatoms. The van der Waals surface area contributed by atoms with Crippen LogP contribution < -0.4 is 0 Å². The summed E-state index contributed by atoms with van der Waals surface area (Å²) < 4.78 is 0. The van der Waals surface area contributed by atoms with Gasteiger partial charge in [-0.05, 0) is 31.6 Å². The number of carboxylic acid groups (broad SMARTS) is 1. The molecule has 1 rings (SSSR count). The minimum atomic E-state index is -0.764. The predicted molar refractivity (Wildman–Crippen MR) is 102 cm³/mol. The Morgan fingerprint density at radius 1 is 1.27 bits per heavy atom. The Morgan fingerprint density at radius 2 is 1.96 bits per heavy atom. The van der Waals surface area contributed by atoms with Crippen molar-refractivity contribution < 1.29 is 24.9 Å². The average molecular weight is 369 g/mol. The summed E-state index contributed by atoms with van der Waals surface area (Å²) in [5.41, 5.74) is 0. The molecular weight excluding hydrogens is 332 g/mol. The second kappa shape index (κ2) is 12.2. The highest BCUT2D eigenvalue weighted by Gasteiger charge is 2.39. The van der Waals surface area contributed by atoms with Crippen LogP contribution >= 0.6 is 0 Å². The zero-order valence-electron chi connectivity index (χ0n) is 16.3. The van der Waals surface area contributed by atoms with Crippen molar-refractivity contribution in [2.45, 2.75) is 90.3 Å². The van der Waals surface area contributed by atoms with E-state index in [1.165, 1.54) is 0 Å². The number of Topliss-reactive ketones (excluding diaryl/α,β-unsaturated/α-hetero) is 1. The first-order valence-corrected chi connectivity index (χ1v) is 10.1. The highest BCUT2D eigenvalue weighted by atomic mass is 16.4. The van der Waals surface area contributed by atoms with Crippen molar-refractivity contribution in [3.63, 3.8) is 0 Å². The first-order valence-electron chi connectivity index (χ1n) is 10.1. The highest BCUT2D eigenvalue weighted by molar-refractivity contribution is 5.84. The van der Waals surface area contributed by atoms with Gasteiger partial charge in [0, 0.05) is 24.7 Å². The Hall–Kier alpha value is -1.20. The molecule has 1 fully saturated rings. The Morgan fingerprint density at radius 3 is 2.62 bits per heavy atom. The van der Waals surface area contributed by atoms with Crippen molar-refractivity contribution in [3.8, 4) is 0 Å². The Kier molecular flexibility index (Phi) is 10.7. The number of ketones is 1. The normalized spacial score (nSPS) is 25.7. The van der Waals surface area contributed by atoms with Crippen LogP contribution in [0, 0.1) is 17.8 Å². The van der Waals surface area contributed by atoms with Crippen molar-refractivity contribution >= 4 is 11.8 Å². The summed E-state index contributed by atoms with van der Waals surface area (Å²) in [4.78, 5) is 22.7. The van der Waals surface area contributed by atoms with Gasteiger partial charge in [-0.3, -0.25) is 9.59 Å². The number of aliphatic hydroxyl groups excluding tert-OH is 2. The molecule has 0 aliphatic heterocycles. The molecule has 3 N–H and O–H groups in total. The predicted octanol–water partition coefficient (Wildman–Crippen LogP) is 3.72. The molecule has 0 spiro atoms. The Labute approximate surface area is 157 Å². The number of hydrogen-bond donors (Lipinski definition) is 3. The fraction of sp³-hybridized carbons (Fsp3) is 0.810. The first-order chi connectivity index (χ1) is 12.4. The minimum absolute atomic E-state index is 0.123. The molecule has 0 heterocycles. The second-order valence-corrected chi connectivity index (χ2v) is 7.77. The topological polar surface area (TPSA) is 94.8 Å². The van der Waals surface area contributed by atoms with Crippen LogP contribution in [-0.2, 0) is 9.59 Å². The van der Waals surface area contributed by atoms with Gasteiger partial charge in [0.25, 0.3) is 0 Å². The summed E-state index contributed by atoms with van der Waals surface area (Å²) in [6.07, 6.45) is 9.91. The maximum Gasteiger partial charge on any atom is 0.303 e. The Bertz CT molecular complexity index is 459. The average Bonchev–Trinajstić information content (AvgIpc) is 2.84. The number of aliphatic hydroxyl groups is 2. The molecule has 0 radical (unpaired) electrons. The number of hydrogen-bond acceptors (Lipinski definition) is 4. The van der Waals surface area contributed by atoms with Crippen molar-refractivity contribution in [1.29, 1.82) is 0 Å². The summed E-state index contributed by atoms with van der Waals surface area (Å²) in [5, 5.41) is 29.0. The molecule has 26 heavy (non-hydrogen) atoms. The number of rotatable bonds is 13. The maximum atomic E-state index is 12.2. The van der Waals surface area contributed by atoms with Crippen molar-refractivity contribution in [2.24, 2.45) is 17.8 Å². The second-order valence-electron chi connectivity index (χ2n) is 7.77. The largest absolute Gasteiger partial charge is 0.481 e. The summed E-state index contributed by atoms with van der Waals surface area (Å²) >= 11 is 0. The van der Waals surface area contributed by atoms with Gasteiger partial charge in [-0.1, -0.05) is 51.7 Å². The van der Waals surface area contributed by atoms with Gasteiger partial charge in [0.05, 0.1) is 12.2 Å². The lowest BCUT2D eigenvalue weighted by Crippen LogP contribution is -2.19. The number of aliphatic carboxylic acids is 1. The lowest BCUT2D eigenvalue weighted by Gasteiger charge is -2.19. The van der Waals surface area contributed by atoms with E-state index in [4.69, 9.17) is 5.11 Å². The van der Waals surface area contributed by atoms with Crippen LogP contribution in [0.2, 0.25) is 0 Å². The zero-order chi connectivity index (χ0) is 19.5. The van der Waals surface area contributed by atoms with E-state index < -0.39 is 12.1 Å². The molecule has 5 atom stereocenters. The van der Waals surface area contributed by atoms with Gasteiger partial charge in [0.1, 0.15) is 5.78 Å².